The predicted molar refractivity (Wildman–Crippen MR) is 90.5 cm³/mol. The van der Waals surface area contributed by atoms with Gasteiger partial charge in [-0.3, -0.25) is 0 Å². The van der Waals surface area contributed by atoms with Gasteiger partial charge in [-0.05, 0) is 30.3 Å². The summed E-state index contributed by atoms with van der Waals surface area (Å²) in [5, 5.41) is 18.4. The second kappa shape index (κ2) is 7.27. The Hall–Kier alpha value is -3.66. The number of hydrogen-bond acceptors (Lipinski definition) is 3. The lowest BCUT2D eigenvalue weighted by atomic mass is 10.2. The number of carbonyl (C=O) groups is 1. The molecule has 0 unspecified atom stereocenters. The first-order valence-electron chi connectivity index (χ1n) is 7.49. The number of anilines is 1. The van der Waals surface area contributed by atoms with Gasteiger partial charge in [-0.15, -0.1) is 0 Å². The van der Waals surface area contributed by atoms with E-state index in [0.717, 1.165) is 17.3 Å². The molecule has 2 aromatic carbocycles. The quantitative estimate of drug-likeness (QED) is 0.768. The number of hydrogen-bond donors (Lipinski definition) is 2. The van der Waals surface area contributed by atoms with E-state index in [1.165, 1.54) is 12.1 Å². The number of rotatable bonds is 4. The molecule has 0 aliphatic heterocycles. The van der Waals surface area contributed by atoms with Crippen LogP contribution in [0.2, 0.25) is 0 Å². The molecule has 124 valence electrons. The molecule has 1 heterocycles. The zero-order valence-corrected chi connectivity index (χ0v) is 13.1. The Morgan fingerprint density at radius 2 is 2.04 bits per heavy atom. The lowest BCUT2D eigenvalue weighted by molar-refractivity contribution is 0.251. The molecule has 0 saturated heterocycles. The first-order valence-corrected chi connectivity index (χ1v) is 7.49. The minimum Gasteiger partial charge on any atom is -0.334 e. The van der Waals surface area contributed by atoms with Crippen LogP contribution in [0.1, 0.15) is 11.1 Å². The van der Waals surface area contributed by atoms with Gasteiger partial charge in [-0.25, -0.2) is 13.9 Å². The molecule has 0 aliphatic carbocycles. The molecule has 0 saturated carbocycles. The van der Waals surface area contributed by atoms with Crippen molar-refractivity contribution in [2.24, 2.45) is 0 Å². The molecule has 0 atom stereocenters. The number of nitriles is 1. The van der Waals surface area contributed by atoms with Crippen LogP contribution in [0.15, 0.2) is 60.9 Å². The summed E-state index contributed by atoms with van der Waals surface area (Å²) in [7, 11) is 0. The number of nitrogens with zero attached hydrogens (tertiary/aromatic N) is 3. The maximum Gasteiger partial charge on any atom is 0.319 e. The van der Waals surface area contributed by atoms with E-state index in [0.29, 0.717) is 0 Å². The molecule has 0 radical (unpaired) electrons. The number of benzene rings is 2. The summed E-state index contributed by atoms with van der Waals surface area (Å²) in [5.74, 6) is -0.532. The van der Waals surface area contributed by atoms with Gasteiger partial charge < -0.3 is 10.6 Å². The van der Waals surface area contributed by atoms with Crippen molar-refractivity contribution < 1.29 is 9.18 Å². The molecule has 3 aromatic rings. The Morgan fingerprint density at radius 3 is 2.80 bits per heavy atom. The van der Waals surface area contributed by atoms with E-state index in [9.17, 15) is 9.18 Å². The van der Waals surface area contributed by atoms with Gasteiger partial charge in [0, 0.05) is 18.3 Å². The van der Waals surface area contributed by atoms with E-state index in [-0.39, 0.29) is 17.8 Å². The van der Waals surface area contributed by atoms with Crippen molar-refractivity contribution in [3.8, 4) is 11.8 Å². The molecular formula is C18H14FN5O. The van der Waals surface area contributed by atoms with Crippen LogP contribution in [-0.4, -0.2) is 15.8 Å². The molecule has 2 amide bonds. The van der Waals surface area contributed by atoms with E-state index in [1.807, 2.05) is 42.6 Å². The van der Waals surface area contributed by atoms with Crippen molar-refractivity contribution in [1.29, 1.82) is 5.26 Å². The summed E-state index contributed by atoms with van der Waals surface area (Å²) in [6.07, 6.45) is 3.47. The molecule has 25 heavy (non-hydrogen) atoms. The van der Waals surface area contributed by atoms with Crippen molar-refractivity contribution >= 4 is 11.7 Å². The van der Waals surface area contributed by atoms with Crippen LogP contribution in [0.5, 0.6) is 0 Å². The van der Waals surface area contributed by atoms with Gasteiger partial charge in [0.25, 0.3) is 0 Å². The average molecular weight is 335 g/mol. The summed E-state index contributed by atoms with van der Waals surface area (Å²) in [4.78, 5) is 12.0. The number of nitrogens with one attached hydrogen (secondary N) is 2. The van der Waals surface area contributed by atoms with Crippen LogP contribution >= 0.6 is 0 Å². The Morgan fingerprint density at radius 1 is 1.24 bits per heavy atom. The topological polar surface area (TPSA) is 82.7 Å². The molecule has 0 aliphatic rings. The van der Waals surface area contributed by atoms with Gasteiger partial charge in [-0.2, -0.15) is 10.4 Å². The second-order valence-corrected chi connectivity index (χ2v) is 5.24. The first kappa shape index (κ1) is 16.2. The zero-order valence-electron chi connectivity index (χ0n) is 13.1. The molecular weight excluding hydrogens is 321 g/mol. The summed E-state index contributed by atoms with van der Waals surface area (Å²) < 4.78 is 14.8. The van der Waals surface area contributed by atoms with Crippen LogP contribution in [0.4, 0.5) is 14.9 Å². The van der Waals surface area contributed by atoms with Gasteiger partial charge in [0.2, 0.25) is 0 Å². The summed E-state index contributed by atoms with van der Waals surface area (Å²) in [6.45, 7) is 0.266. The smallest absolute Gasteiger partial charge is 0.319 e. The summed E-state index contributed by atoms with van der Waals surface area (Å²) in [5.41, 5.74) is 2.05. The number of amides is 2. The number of aromatic nitrogens is 2. The Balaban J connectivity index is 1.60. The molecule has 3 rings (SSSR count). The van der Waals surface area contributed by atoms with Gasteiger partial charge in [0.1, 0.15) is 11.9 Å². The van der Waals surface area contributed by atoms with Crippen LogP contribution < -0.4 is 10.6 Å². The normalized spacial score (nSPS) is 10.1. The Labute approximate surface area is 143 Å². The molecule has 7 heteroatoms. The van der Waals surface area contributed by atoms with E-state index < -0.39 is 11.8 Å². The highest BCUT2D eigenvalue weighted by Crippen LogP contribution is 2.15. The number of carbonyl (C=O) groups excluding carboxylic acids is 1. The molecule has 0 fully saturated rings. The highest BCUT2D eigenvalue weighted by molar-refractivity contribution is 5.90. The van der Waals surface area contributed by atoms with Gasteiger partial charge in [-0.1, -0.05) is 18.2 Å². The van der Waals surface area contributed by atoms with Gasteiger partial charge in [0.15, 0.2) is 0 Å². The van der Waals surface area contributed by atoms with Gasteiger partial charge in [0.05, 0.1) is 23.1 Å². The lowest BCUT2D eigenvalue weighted by Crippen LogP contribution is -2.28. The van der Waals surface area contributed by atoms with E-state index in [4.69, 9.17) is 5.26 Å². The van der Waals surface area contributed by atoms with E-state index in [1.54, 1.807) is 10.9 Å². The highest BCUT2D eigenvalue weighted by atomic mass is 19.1. The lowest BCUT2D eigenvalue weighted by Gasteiger charge is -2.08. The molecule has 0 spiro atoms. The van der Waals surface area contributed by atoms with Crippen LogP contribution in [-0.2, 0) is 6.54 Å². The third-order valence-corrected chi connectivity index (χ3v) is 3.46. The number of urea groups is 1. The fraction of sp³-hybridized carbons (Fsp3) is 0.0556. The molecule has 6 nitrogen and oxygen atoms in total. The summed E-state index contributed by atoms with van der Waals surface area (Å²) >= 11 is 0. The monoisotopic (exact) mass is 335 g/mol. The highest BCUT2D eigenvalue weighted by Gasteiger charge is 2.08. The largest absolute Gasteiger partial charge is 0.334 e. The van der Waals surface area contributed by atoms with Gasteiger partial charge >= 0.3 is 6.03 Å². The van der Waals surface area contributed by atoms with E-state index in [2.05, 4.69) is 15.7 Å². The zero-order chi connectivity index (χ0) is 17.6. The molecule has 2 N–H and O–H groups in total. The Bertz CT molecular complexity index is 930. The SMILES string of the molecule is N#Cc1cc(F)ccc1NC(=O)NCc1cnn(-c2ccccc2)c1. The molecule has 1 aromatic heterocycles. The maximum absolute atomic E-state index is 13.1. The molecule has 0 bridgehead atoms. The Kier molecular flexibility index (Phi) is 4.72. The minimum absolute atomic E-state index is 0.0621. The van der Waals surface area contributed by atoms with Crippen LogP contribution in [0.3, 0.4) is 0 Å². The van der Waals surface area contributed by atoms with E-state index >= 15 is 0 Å². The van der Waals surface area contributed by atoms with Crippen molar-refractivity contribution in [3.63, 3.8) is 0 Å². The fourth-order valence-corrected chi connectivity index (χ4v) is 2.24. The van der Waals surface area contributed by atoms with Crippen molar-refractivity contribution in [2.45, 2.75) is 6.54 Å². The maximum atomic E-state index is 13.1. The third-order valence-electron chi connectivity index (χ3n) is 3.46. The number of halogens is 1. The number of para-hydroxylation sites is 1. The standard InChI is InChI=1S/C18H14FN5O/c19-15-6-7-17(14(8-15)9-20)23-18(25)21-10-13-11-22-24(12-13)16-4-2-1-3-5-16/h1-8,11-12H,10H2,(H2,21,23,25). The first-order chi connectivity index (χ1) is 12.2. The fourth-order valence-electron chi connectivity index (χ4n) is 2.24. The summed E-state index contributed by atoms with van der Waals surface area (Å²) in [6, 6.07) is 14.6. The third kappa shape index (κ3) is 4.00. The second-order valence-electron chi connectivity index (χ2n) is 5.24. The average Bonchev–Trinajstić information content (AvgIpc) is 3.11. The predicted octanol–water partition coefficient (Wildman–Crippen LogP) is 3.20. The minimum atomic E-state index is -0.532. The van der Waals surface area contributed by atoms with Crippen LogP contribution in [0.25, 0.3) is 5.69 Å². The van der Waals surface area contributed by atoms with Crippen LogP contribution in [0, 0.1) is 17.1 Å². The van der Waals surface area contributed by atoms with Crippen molar-refractivity contribution in [3.05, 3.63) is 77.9 Å². The van der Waals surface area contributed by atoms with Crippen molar-refractivity contribution in [2.75, 3.05) is 5.32 Å². The van der Waals surface area contributed by atoms with Crippen molar-refractivity contribution in [1.82, 2.24) is 15.1 Å².